The van der Waals surface area contributed by atoms with E-state index in [1.165, 1.54) is 5.56 Å². The predicted molar refractivity (Wildman–Crippen MR) is 55.5 cm³/mol. The summed E-state index contributed by atoms with van der Waals surface area (Å²) in [6, 6.07) is 8.38. The van der Waals surface area contributed by atoms with Gasteiger partial charge in [0.05, 0.1) is 17.6 Å². The first-order valence-electron chi connectivity index (χ1n) is 4.78. The van der Waals surface area contributed by atoms with Crippen molar-refractivity contribution in [2.24, 2.45) is 0 Å². The Bertz CT molecular complexity index is 414. The Hall–Kier alpha value is -1.64. The van der Waals surface area contributed by atoms with Crippen molar-refractivity contribution < 1.29 is 0 Å². The fourth-order valence-electron chi connectivity index (χ4n) is 1.41. The van der Waals surface area contributed by atoms with E-state index in [2.05, 4.69) is 41.5 Å². The minimum atomic E-state index is 1.05. The summed E-state index contributed by atoms with van der Waals surface area (Å²) in [5.41, 5.74) is 3.46. The smallest absolute Gasteiger partial charge is 0.0726 e. The average molecular weight is 187 g/mol. The third-order valence-electron chi connectivity index (χ3n) is 2.31. The highest BCUT2D eigenvalue weighted by molar-refractivity contribution is 5.34. The van der Waals surface area contributed by atoms with Gasteiger partial charge in [0.2, 0.25) is 0 Å². The molecule has 0 unspecified atom stereocenters. The van der Waals surface area contributed by atoms with E-state index >= 15 is 0 Å². The highest BCUT2D eigenvalue weighted by Crippen LogP contribution is 2.10. The van der Waals surface area contributed by atoms with Crippen LogP contribution in [0.2, 0.25) is 0 Å². The Balaban J connectivity index is 2.39. The van der Waals surface area contributed by atoms with Crippen LogP contribution in [0.25, 0.3) is 5.69 Å². The molecule has 0 fully saturated rings. The second-order valence-electron chi connectivity index (χ2n) is 3.31. The van der Waals surface area contributed by atoms with Crippen LogP contribution in [-0.2, 0) is 6.42 Å². The zero-order valence-corrected chi connectivity index (χ0v) is 8.44. The predicted octanol–water partition coefficient (Wildman–Crippen LogP) is 2.14. The van der Waals surface area contributed by atoms with Crippen LogP contribution >= 0.6 is 0 Å². The van der Waals surface area contributed by atoms with Crippen LogP contribution in [0.3, 0.4) is 0 Å². The second kappa shape index (κ2) is 3.62. The zero-order valence-electron chi connectivity index (χ0n) is 8.44. The molecule has 0 amide bonds. The molecule has 0 saturated heterocycles. The highest BCUT2D eigenvalue weighted by Gasteiger charge is 2.00. The van der Waals surface area contributed by atoms with Gasteiger partial charge in [0.15, 0.2) is 0 Å². The molecule has 3 nitrogen and oxygen atoms in total. The van der Waals surface area contributed by atoms with Crippen molar-refractivity contribution in [2.75, 3.05) is 0 Å². The SMILES string of the molecule is CCc1ccc(-n2nncc2C)cc1. The van der Waals surface area contributed by atoms with Gasteiger partial charge >= 0.3 is 0 Å². The normalized spacial score (nSPS) is 10.4. The molecule has 0 N–H and O–H groups in total. The Morgan fingerprint density at radius 2 is 1.93 bits per heavy atom. The molecule has 1 aromatic heterocycles. The van der Waals surface area contributed by atoms with Crippen molar-refractivity contribution in [1.29, 1.82) is 0 Å². The lowest BCUT2D eigenvalue weighted by Crippen LogP contribution is -1.98. The van der Waals surface area contributed by atoms with E-state index in [1.54, 1.807) is 6.20 Å². The van der Waals surface area contributed by atoms with E-state index in [9.17, 15) is 0 Å². The van der Waals surface area contributed by atoms with E-state index < -0.39 is 0 Å². The quantitative estimate of drug-likeness (QED) is 0.721. The van der Waals surface area contributed by atoms with Gasteiger partial charge in [-0.1, -0.05) is 24.3 Å². The summed E-state index contributed by atoms with van der Waals surface area (Å²) in [4.78, 5) is 0. The molecule has 1 heterocycles. The molecule has 0 spiro atoms. The van der Waals surface area contributed by atoms with Crippen molar-refractivity contribution >= 4 is 0 Å². The molecule has 0 bridgehead atoms. The summed E-state index contributed by atoms with van der Waals surface area (Å²) >= 11 is 0. The molecule has 0 aliphatic carbocycles. The summed E-state index contributed by atoms with van der Waals surface area (Å²) in [6.07, 6.45) is 2.82. The summed E-state index contributed by atoms with van der Waals surface area (Å²) < 4.78 is 1.83. The number of nitrogens with zero attached hydrogens (tertiary/aromatic N) is 3. The maximum atomic E-state index is 4.01. The molecule has 3 heteroatoms. The summed E-state index contributed by atoms with van der Waals surface area (Å²) in [5.74, 6) is 0. The number of hydrogen-bond acceptors (Lipinski definition) is 2. The molecule has 0 saturated carbocycles. The summed E-state index contributed by atoms with van der Waals surface area (Å²) in [6.45, 7) is 4.14. The maximum absolute atomic E-state index is 4.01. The maximum Gasteiger partial charge on any atom is 0.0726 e. The van der Waals surface area contributed by atoms with Gasteiger partial charge in [-0.05, 0) is 31.0 Å². The van der Waals surface area contributed by atoms with E-state index in [4.69, 9.17) is 0 Å². The lowest BCUT2D eigenvalue weighted by Gasteiger charge is -2.03. The Kier molecular flexibility index (Phi) is 2.31. The largest absolute Gasteiger partial charge is 0.218 e. The number of aryl methyl sites for hydroxylation is 2. The molecule has 14 heavy (non-hydrogen) atoms. The van der Waals surface area contributed by atoms with Crippen LogP contribution in [0.4, 0.5) is 0 Å². The van der Waals surface area contributed by atoms with Gasteiger partial charge in [0.25, 0.3) is 0 Å². The molecule has 0 atom stereocenters. The Labute approximate surface area is 83.4 Å². The molecule has 1 aromatic carbocycles. The van der Waals surface area contributed by atoms with Gasteiger partial charge in [-0.25, -0.2) is 4.68 Å². The number of aromatic nitrogens is 3. The fraction of sp³-hybridized carbons (Fsp3) is 0.273. The number of benzene rings is 1. The fourth-order valence-corrected chi connectivity index (χ4v) is 1.41. The van der Waals surface area contributed by atoms with Crippen LogP contribution < -0.4 is 0 Å². The van der Waals surface area contributed by atoms with Crippen molar-refractivity contribution in [1.82, 2.24) is 15.0 Å². The van der Waals surface area contributed by atoms with Gasteiger partial charge in [-0.3, -0.25) is 0 Å². The summed E-state index contributed by atoms with van der Waals surface area (Å²) in [5, 5.41) is 7.86. The minimum Gasteiger partial charge on any atom is -0.218 e. The molecular formula is C11H13N3. The van der Waals surface area contributed by atoms with Crippen LogP contribution in [0.1, 0.15) is 18.2 Å². The van der Waals surface area contributed by atoms with Crippen LogP contribution in [0.5, 0.6) is 0 Å². The van der Waals surface area contributed by atoms with E-state index in [0.29, 0.717) is 0 Å². The first kappa shape index (κ1) is 8.94. The third-order valence-corrected chi connectivity index (χ3v) is 2.31. The molecule has 0 aliphatic rings. The van der Waals surface area contributed by atoms with Crippen LogP contribution in [0.15, 0.2) is 30.5 Å². The molecule has 0 radical (unpaired) electrons. The van der Waals surface area contributed by atoms with Gasteiger partial charge in [0.1, 0.15) is 0 Å². The first-order valence-corrected chi connectivity index (χ1v) is 4.78. The van der Waals surface area contributed by atoms with Crippen molar-refractivity contribution in [3.63, 3.8) is 0 Å². The molecule has 2 rings (SSSR count). The summed E-state index contributed by atoms with van der Waals surface area (Å²) in [7, 11) is 0. The van der Waals surface area contributed by atoms with E-state index in [1.807, 2.05) is 11.6 Å². The lowest BCUT2D eigenvalue weighted by molar-refractivity contribution is 0.784. The van der Waals surface area contributed by atoms with Crippen molar-refractivity contribution in [3.05, 3.63) is 41.7 Å². The zero-order chi connectivity index (χ0) is 9.97. The van der Waals surface area contributed by atoms with Gasteiger partial charge < -0.3 is 0 Å². The van der Waals surface area contributed by atoms with E-state index in [-0.39, 0.29) is 0 Å². The molecular weight excluding hydrogens is 174 g/mol. The minimum absolute atomic E-state index is 1.05. The van der Waals surface area contributed by atoms with Gasteiger partial charge in [-0.15, -0.1) is 5.10 Å². The monoisotopic (exact) mass is 187 g/mol. The standard InChI is InChI=1S/C11H13N3/c1-3-10-4-6-11(7-5-10)14-9(2)8-12-13-14/h4-8H,3H2,1-2H3. The third kappa shape index (κ3) is 1.53. The van der Waals surface area contributed by atoms with Crippen molar-refractivity contribution in [3.8, 4) is 5.69 Å². The van der Waals surface area contributed by atoms with E-state index in [0.717, 1.165) is 17.8 Å². The molecule has 72 valence electrons. The van der Waals surface area contributed by atoms with Gasteiger partial charge in [0, 0.05) is 0 Å². The number of rotatable bonds is 2. The van der Waals surface area contributed by atoms with Crippen molar-refractivity contribution in [2.45, 2.75) is 20.3 Å². The highest BCUT2D eigenvalue weighted by atomic mass is 15.4. The molecule has 2 aromatic rings. The van der Waals surface area contributed by atoms with Crippen LogP contribution in [-0.4, -0.2) is 15.0 Å². The first-order chi connectivity index (χ1) is 6.81. The second-order valence-corrected chi connectivity index (χ2v) is 3.31. The number of hydrogen-bond donors (Lipinski definition) is 0. The molecule has 0 aliphatic heterocycles. The average Bonchev–Trinajstić information content (AvgIpc) is 2.65. The van der Waals surface area contributed by atoms with Gasteiger partial charge in [-0.2, -0.15) is 0 Å². The van der Waals surface area contributed by atoms with Crippen LogP contribution in [0, 0.1) is 6.92 Å². The Morgan fingerprint density at radius 1 is 1.21 bits per heavy atom. The Morgan fingerprint density at radius 3 is 2.43 bits per heavy atom. The topological polar surface area (TPSA) is 30.7 Å². The lowest BCUT2D eigenvalue weighted by atomic mass is 10.1.